The quantitative estimate of drug-likeness (QED) is 0.864. The molecule has 1 aliphatic heterocycles. The monoisotopic (exact) mass is 334 g/mol. The highest BCUT2D eigenvalue weighted by atomic mass is 16.5. The van der Waals surface area contributed by atoms with Crippen molar-refractivity contribution in [2.45, 2.75) is 38.8 Å². The Bertz CT molecular complexity index is 537. The van der Waals surface area contributed by atoms with E-state index < -0.39 is 5.97 Å². The SMILES string of the molecule is CN(CC(=O)O)CC1CN(Cc2ccc(C(C)(C)C)cc2)CCO1. The highest BCUT2D eigenvalue weighted by molar-refractivity contribution is 5.69. The van der Waals surface area contributed by atoms with Gasteiger partial charge in [0, 0.05) is 26.2 Å². The van der Waals surface area contributed by atoms with Gasteiger partial charge in [0.05, 0.1) is 19.3 Å². The van der Waals surface area contributed by atoms with Crippen LogP contribution in [0.4, 0.5) is 0 Å². The molecule has 1 heterocycles. The third-order valence-corrected chi connectivity index (χ3v) is 4.37. The first kappa shape index (κ1) is 18.9. The Kier molecular flexibility index (Phi) is 6.38. The lowest BCUT2D eigenvalue weighted by molar-refractivity contribution is -0.138. The number of benzene rings is 1. The average molecular weight is 334 g/mol. The molecule has 1 atom stereocenters. The minimum absolute atomic E-state index is 0.0497. The van der Waals surface area contributed by atoms with Gasteiger partial charge < -0.3 is 9.84 Å². The predicted molar refractivity (Wildman–Crippen MR) is 95.3 cm³/mol. The first-order valence-corrected chi connectivity index (χ1v) is 8.58. The molecule has 0 aromatic heterocycles. The summed E-state index contributed by atoms with van der Waals surface area (Å²) in [6, 6.07) is 8.85. The van der Waals surface area contributed by atoms with Crippen LogP contribution in [0.2, 0.25) is 0 Å². The molecule has 1 fully saturated rings. The summed E-state index contributed by atoms with van der Waals surface area (Å²) in [6.07, 6.45) is 0.0666. The number of hydrogen-bond acceptors (Lipinski definition) is 4. The van der Waals surface area contributed by atoms with Gasteiger partial charge >= 0.3 is 5.97 Å². The number of rotatable bonds is 6. The number of carboxylic acid groups (broad SMARTS) is 1. The van der Waals surface area contributed by atoms with Crippen molar-refractivity contribution in [3.63, 3.8) is 0 Å². The van der Waals surface area contributed by atoms with Crippen LogP contribution in [0.3, 0.4) is 0 Å². The summed E-state index contributed by atoms with van der Waals surface area (Å²) in [6.45, 7) is 10.7. The second kappa shape index (κ2) is 8.10. The lowest BCUT2D eigenvalue weighted by atomic mass is 9.87. The fraction of sp³-hybridized carbons (Fsp3) is 0.632. The van der Waals surface area contributed by atoms with Crippen molar-refractivity contribution in [3.05, 3.63) is 35.4 Å². The fourth-order valence-corrected chi connectivity index (χ4v) is 3.05. The first-order chi connectivity index (χ1) is 11.2. The lowest BCUT2D eigenvalue weighted by Crippen LogP contribution is -2.47. The van der Waals surface area contributed by atoms with E-state index in [0.29, 0.717) is 13.2 Å². The summed E-state index contributed by atoms with van der Waals surface area (Å²) in [7, 11) is 1.82. The minimum atomic E-state index is -0.802. The first-order valence-electron chi connectivity index (χ1n) is 8.58. The van der Waals surface area contributed by atoms with Crippen LogP contribution in [0, 0.1) is 0 Å². The Balaban J connectivity index is 1.87. The van der Waals surface area contributed by atoms with E-state index in [4.69, 9.17) is 9.84 Å². The second-order valence-corrected chi connectivity index (χ2v) is 7.77. The fourth-order valence-electron chi connectivity index (χ4n) is 3.05. The van der Waals surface area contributed by atoms with Crippen LogP contribution < -0.4 is 0 Å². The number of carbonyl (C=O) groups is 1. The molecule has 1 aliphatic rings. The summed E-state index contributed by atoms with van der Waals surface area (Å²) in [5.74, 6) is -0.802. The molecule has 0 bridgehead atoms. The van der Waals surface area contributed by atoms with Crippen molar-refractivity contribution in [1.29, 1.82) is 0 Å². The van der Waals surface area contributed by atoms with Gasteiger partial charge in [0.25, 0.3) is 0 Å². The van der Waals surface area contributed by atoms with Crippen molar-refractivity contribution >= 4 is 5.97 Å². The molecule has 0 saturated carbocycles. The van der Waals surface area contributed by atoms with Gasteiger partial charge in [0.1, 0.15) is 0 Å². The van der Waals surface area contributed by atoms with Crippen molar-refractivity contribution in [2.75, 3.05) is 39.8 Å². The van der Waals surface area contributed by atoms with Crippen LogP contribution in [0.15, 0.2) is 24.3 Å². The number of hydrogen-bond donors (Lipinski definition) is 1. The molecule has 1 aromatic carbocycles. The van der Waals surface area contributed by atoms with E-state index in [0.717, 1.165) is 19.6 Å². The van der Waals surface area contributed by atoms with Crippen molar-refractivity contribution in [1.82, 2.24) is 9.80 Å². The highest BCUT2D eigenvalue weighted by Crippen LogP contribution is 2.22. The zero-order valence-corrected chi connectivity index (χ0v) is 15.3. The Morgan fingerprint density at radius 3 is 2.58 bits per heavy atom. The number of nitrogens with zero attached hydrogens (tertiary/aromatic N) is 2. The van der Waals surface area contributed by atoms with Gasteiger partial charge in [-0.2, -0.15) is 0 Å². The Morgan fingerprint density at radius 2 is 2.00 bits per heavy atom. The molecule has 1 saturated heterocycles. The van der Waals surface area contributed by atoms with E-state index in [-0.39, 0.29) is 18.1 Å². The van der Waals surface area contributed by atoms with Crippen LogP contribution in [-0.4, -0.2) is 66.8 Å². The summed E-state index contributed by atoms with van der Waals surface area (Å²) < 4.78 is 5.79. The van der Waals surface area contributed by atoms with Crippen LogP contribution in [0.25, 0.3) is 0 Å². The van der Waals surface area contributed by atoms with Gasteiger partial charge in [-0.1, -0.05) is 45.0 Å². The van der Waals surface area contributed by atoms with Crippen LogP contribution in [-0.2, 0) is 21.5 Å². The van der Waals surface area contributed by atoms with E-state index in [2.05, 4.69) is 49.9 Å². The number of likely N-dealkylation sites (N-methyl/N-ethyl adjacent to an activating group) is 1. The molecule has 24 heavy (non-hydrogen) atoms. The molecule has 5 heteroatoms. The Labute approximate surface area is 145 Å². The molecule has 0 amide bonds. The zero-order valence-electron chi connectivity index (χ0n) is 15.3. The van der Waals surface area contributed by atoms with Gasteiger partial charge in [-0.25, -0.2) is 0 Å². The highest BCUT2D eigenvalue weighted by Gasteiger charge is 2.22. The lowest BCUT2D eigenvalue weighted by Gasteiger charge is -2.34. The number of ether oxygens (including phenoxy) is 1. The Morgan fingerprint density at radius 1 is 1.33 bits per heavy atom. The molecule has 134 valence electrons. The van der Waals surface area contributed by atoms with E-state index >= 15 is 0 Å². The molecule has 0 aliphatic carbocycles. The summed E-state index contributed by atoms with van der Waals surface area (Å²) in [4.78, 5) is 14.9. The summed E-state index contributed by atoms with van der Waals surface area (Å²) >= 11 is 0. The van der Waals surface area contributed by atoms with Crippen molar-refractivity contribution in [2.24, 2.45) is 0 Å². The maximum absolute atomic E-state index is 10.8. The molecular weight excluding hydrogens is 304 g/mol. The molecular formula is C19H30N2O3. The van der Waals surface area contributed by atoms with Gasteiger partial charge in [0.15, 0.2) is 0 Å². The van der Waals surface area contributed by atoms with Gasteiger partial charge in [-0.3, -0.25) is 14.6 Å². The number of aliphatic carboxylic acids is 1. The summed E-state index contributed by atoms with van der Waals surface area (Å²) in [5, 5.41) is 8.85. The predicted octanol–water partition coefficient (Wildman–Crippen LogP) is 2.20. The normalized spacial score (nSPS) is 19.6. The standard InChI is InChI=1S/C19H30N2O3/c1-19(2,3)16-7-5-15(6-8-16)11-21-9-10-24-17(13-21)12-20(4)14-18(22)23/h5-8,17H,9-14H2,1-4H3,(H,22,23). The maximum atomic E-state index is 10.8. The van der Waals surface area contributed by atoms with E-state index in [9.17, 15) is 4.79 Å². The van der Waals surface area contributed by atoms with E-state index in [1.54, 1.807) is 4.90 Å². The molecule has 0 radical (unpaired) electrons. The smallest absolute Gasteiger partial charge is 0.317 e. The Hall–Kier alpha value is -1.43. The third-order valence-electron chi connectivity index (χ3n) is 4.37. The molecule has 0 spiro atoms. The van der Waals surface area contributed by atoms with Crippen LogP contribution in [0.1, 0.15) is 31.9 Å². The van der Waals surface area contributed by atoms with Crippen molar-refractivity contribution in [3.8, 4) is 0 Å². The van der Waals surface area contributed by atoms with Gasteiger partial charge in [-0.15, -0.1) is 0 Å². The number of morpholine rings is 1. The second-order valence-electron chi connectivity index (χ2n) is 7.77. The van der Waals surface area contributed by atoms with E-state index in [1.807, 2.05) is 7.05 Å². The topological polar surface area (TPSA) is 53.0 Å². The number of carboxylic acids is 1. The van der Waals surface area contributed by atoms with Crippen molar-refractivity contribution < 1.29 is 14.6 Å². The molecule has 2 rings (SSSR count). The van der Waals surface area contributed by atoms with Crippen LogP contribution >= 0.6 is 0 Å². The average Bonchev–Trinajstić information content (AvgIpc) is 2.46. The molecule has 1 aromatic rings. The van der Waals surface area contributed by atoms with E-state index in [1.165, 1.54) is 11.1 Å². The largest absolute Gasteiger partial charge is 0.480 e. The van der Waals surface area contributed by atoms with Crippen LogP contribution in [0.5, 0.6) is 0 Å². The molecule has 1 unspecified atom stereocenters. The molecule has 1 N–H and O–H groups in total. The third kappa shape index (κ3) is 5.89. The van der Waals surface area contributed by atoms with Gasteiger partial charge in [0.2, 0.25) is 0 Å². The zero-order chi connectivity index (χ0) is 17.7. The van der Waals surface area contributed by atoms with Gasteiger partial charge in [-0.05, 0) is 23.6 Å². The molecule has 5 nitrogen and oxygen atoms in total. The summed E-state index contributed by atoms with van der Waals surface area (Å²) in [5.41, 5.74) is 2.83. The maximum Gasteiger partial charge on any atom is 0.317 e. The minimum Gasteiger partial charge on any atom is -0.480 e.